The maximum absolute atomic E-state index is 12.8. The minimum Gasteiger partial charge on any atom is -0.498 e. The number of benzene rings is 1. The Hall–Kier alpha value is -3.24. The van der Waals surface area contributed by atoms with Crippen molar-refractivity contribution in [2.75, 3.05) is 20.2 Å². The molecule has 4 rings (SSSR count). The molecule has 2 aliphatic rings. The first-order valence-electron chi connectivity index (χ1n) is 10.2. The largest absolute Gasteiger partial charge is 0.498 e. The first-order chi connectivity index (χ1) is 15.2. The van der Waals surface area contributed by atoms with Crippen molar-refractivity contribution in [3.05, 3.63) is 66.9 Å². The van der Waals surface area contributed by atoms with E-state index in [0.29, 0.717) is 41.3 Å². The van der Waals surface area contributed by atoms with Crippen LogP contribution in [0.25, 0.3) is 5.76 Å². The first kappa shape index (κ1) is 22.0. The summed E-state index contributed by atoms with van der Waals surface area (Å²) < 4.78 is 5.32. The third-order valence-corrected chi connectivity index (χ3v) is 7.95. The number of rotatable bonds is 5. The van der Waals surface area contributed by atoms with Crippen LogP contribution in [0.15, 0.2) is 30.3 Å². The molecule has 0 fully saturated rings. The lowest BCUT2D eigenvalue weighted by Gasteiger charge is -2.40. The van der Waals surface area contributed by atoms with E-state index in [4.69, 9.17) is 4.74 Å². The van der Waals surface area contributed by atoms with Crippen molar-refractivity contribution in [1.82, 2.24) is 0 Å². The van der Waals surface area contributed by atoms with E-state index in [1.54, 1.807) is 13.0 Å². The summed E-state index contributed by atoms with van der Waals surface area (Å²) in [5.74, 6) is -0.512. The Labute approximate surface area is 187 Å². The van der Waals surface area contributed by atoms with Crippen LogP contribution < -0.4 is 5.11 Å². The van der Waals surface area contributed by atoms with Gasteiger partial charge < -0.3 is 19.7 Å². The van der Waals surface area contributed by atoms with Crippen LogP contribution in [0.5, 0.6) is 0 Å². The molecule has 0 spiro atoms. The molecule has 2 unspecified atom stereocenters. The van der Waals surface area contributed by atoms with Gasteiger partial charge in [-0.15, -0.1) is 11.3 Å². The van der Waals surface area contributed by atoms with Crippen molar-refractivity contribution >= 4 is 34.8 Å². The maximum atomic E-state index is 12.8. The van der Waals surface area contributed by atoms with Crippen molar-refractivity contribution in [2.24, 2.45) is 0 Å². The number of nitrogens with zero attached hydrogens (tertiary/aromatic N) is 2. The summed E-state index contributed by atoms with van der Waals surface area (Å²) in [7, 11) is 1.52. The van der Waals surface area contributed by atoms with Crippen molar-refractivity contribution in [3.63, 3.8) is 0 Å². The Morgan fingerprint density at radius 2 is 2.00 bits per heavy atom. The molecule has 1 aliphatic carbocycles. The van der Waals surface area contributed by atoms with Crippen molar-refractivity contribution < 1.29 is 33.9 Å². The number of non-ortho nitro benzene ring substituents is 1. The van der Waals surface area contributed by atoms with Crippen molar-refractivity contribution in [2.45, 2.75) is 31.7 Å². The second-order valence-electron chi connectivity index (χ2n) is 8.06. The fourth-order valence-corrected chi connectivity index (χ4v) is 6.38. The lowest BCUT2D eigenvalue weighted by atomic mass is 9.67. The number of carbonyl (C=O) groups excluding carboxylic acids is 1. The molecule has 2 aromatic rings. The summed E-state index contributed by atoms with van der Waals surface area (Å²) in [6.07, 6.45) is 1.09. The number of methoxy groups -OCH3 is 1. The summed E-state index contributed by atoms with van der Waals surface area (Å²) in [6.45, 7) is 2.69. The smallest absolute Gasteiger partial charge is 0.319 e. The third-order valence-electron chi connectivity index (χ3n) is 6.72. The molecular formula is C22H22N2O7S. The Balaban J connectivity index is 1.94. The molecular weight excluding hydrogens is 436 g/mol. The van der Waals surface area contributed by atoms with Gasteiger partial charge in [0, 0.05) is 18.6 Å². The van der Waals surface area contributed by atoms with Gasteiger partial charge in [0.15, 0.2) is 0 Å². The summed E-state index contributed by atoms with van der Waals surface area (Å²) in [4.78, 5) is 36.8. The SMILES string of the molecule is CC[N+]1(C(=O)[O-])CCc2c(sc3c2C(C(=O)O)(c2ccc([N+](=O)[O-])cc2)CC=C3OC)C1. The molecule has 0 radical (unpaired) electrons. The number of hydrogen-bond donors (Lipinski definition) is 1. The fourth-order valence-electron chi connectivity index (χ4n) is 4.83. The standard InChI is InChI=1S/C22H22N2O7S/c1-3-24(21(27)28)11-9-15-17(12-24)32-19-16(31-2)8-10-22(18(15)19,20(25)26)13-4-6-14(7-5-13)23(29)30/h4-8H,3,9-12H2,1-2H3,(H-,25,26,27,28). The highest BCUT2D eigenvalue weighted by molar-refractivity contribution is 7.13. The average molecular weight is 458 g/mol. The zero-order valence-corrected chi connectivity index (χ0v) is 18.4. The molecule has 2 atom stereocenters. The number of thiophene rings is 1. The molecule has 0 bridgehead atoms. The quantitative estimate of drug-likeness (QED) is 0.414. The molecule has 9 nitrogen and oxygen atoms in total. The molecule has 1 amide bonds. The number of quaternary nitrogens is 1. The molecule has 10 heteroatoms. The van der Waals surface area contributed by atoms with Gasteiger partial charge in [0.05, 0.1) is 34.9 Å². The highest BCUT2D eigenvalue weighted by Crippen LogP contribution is 2.52. The van der Waals surface area contributed by atoms with E-state index >= 15 is 0 Å². The van der Waals surface area contributed by atoms with Crippen LogP contribution >= 0.6 is 11.3 Å². The van der Waals surface area contributed by atoms with Crippen molar-refractivity contribution in [3.8, 4) is 0 Å². The normalized spacial score (nSPS) is 24.1. The zero-order valence-electron chi connectivity index (χ0n) is 17.6. The summed E-state index contributed by atoms with van der Waals surface area (Å²) in [5.41, 5.74) is 0.301. The van der Waals surface area contributed by atoms with E-state index in [1.165, 1.54) is 42.7 Å². The predicted molar refractivity (Wildman–Crippen MR) is 114 cm³/mol. The Morgan fingerprint density at radius 1 is 1.31 bits per heavy atom. The maximum Gasteiger partial charge on any atom is 0.319 e. The monoisotopic (exact) mass is 458 g/mol. The van der Waals surface area contributed by atoms with Gasteiger partial charge in [-0.1, -0.05) is 12.1 Å². The van der Waals surface area contributed by atoms with Crippen molar-refractivity contribution in [1.29, 1.82) is 0 Å². The number of carboxylic acids is 1. The molecule has 1 aliphatic heterocycles. The molecule has 1 N–H and O–H groups in total. The fraction of sp³-hybridized carbons (Fsp3) is 0.364. The van der Waals surface area contributed by atoms with Crippen LogP contribution in [0.3, 0.4) is 0 Å². The molecule has 1 aromatic carbocycles. The number of nitro benzene ring substituents is 1. The number of fused-ring (bicyclic) bond motifs is 3. The van der Waals surface area contributed by atoms with E-state index in [9.17, 15) is 29.9 Å². The number of aliphatic carboxylic acids is 1. The lowest BCUT2D eigenvalue weighted by Crippen LogP contribution is -2.60. The molecule has 1 aromatic heterocycles. The number of likely N-dealkylation sites (N-methyl/N-ethyl adjacent to an activating group) is 1. The van der Waals surface area contributed by atoms with Gasteiger partial charge in [0.1, 0.15) is 17.7 Å². The predicted octanol–water partition coefficient (Wildman–Crippen LogP) is 2.65. The van der Waals surface area contributed by atoms with Crippen LogP contribution in [0.1, 0.15) is 39.8 Å². The highest BCUT2D eigenvalue weighted by Gasteiger charge is 2.51. The number of nitro groups is 1. The summed E-state index contributed by atoms with van der Waals surface area (Å²) in [5, 5.41) is 33.5. The van der Waals surface area contributed by atoms with Gasteiger partial charge in [0.25, 0.3) is 11.8 Å². The van der Waals surface area contributed by atoms with Gasteiger partial charge in [0.2, 0.25) is 0 Å². The third kappa shape index (κ3) is 3.01. The van der Waals surface area contributed by atoms with Crippen LogP contribution in [0.4, 0.5) is 10.5 Å². The minimum atomic E-state index is -1.45. The Morgan fingerprint density at radius 3 is 2.53 bits per heavy atom. The second-order valence-corrected chi connectivity index (χ2v) is 9.16. The van der Waals surface area contributed by atoms with E-state index in [1.807, 2.05) is 0 Å². The zero-order chi connectivity index (χ0) is 23.3. The number of amides is 1. The Bertz CT molecular complexity index is 1150. The number of hydrogen-bond acceptors (Lipinski definition) is 7. The van der Waals surface area contributed by atoms with Gasteiger partial charge in [-0.3, -0.25) is 19.4 Å². The summed E-state index contributed by atoms with van der Waals surface area (Å²) in [6, 6.07) is 5.59. The number of ether oxygens (including phenoxy) is 1. The average Bonchev–Trinajstić information content (AvgIpc) is 3.16. The Kier molecular flexibility index (Phi) is 5.30. The molecule has 32 heavy (non-hydrogen) atoms. The number of allylic oxidation sites excluding steroid dienone is 1. The van der Waals surface area contributed by atoms with E-state index in [2.05, 4.69) is 0 Å². The van der Waals surface area contributed by atoms with Crippen LogP contribution in [-0.2, 0) is 27.9 Å². The number of carboxylic acid groups (broad SMARTS) is 2. The number of carbonyl (C=O) groups is 2. The van der Waals surface area contributed by atoms with Gasteiger partial charge in [-0.2, -0.15) is 0 Å². The van der Waals surface area contributed by atoms with Gasteiger partial charge >= 0.3 is 5.97 Å². The van der Waals surface area contributed by atoms with Gasteiger partial charge in [-0.05, 0) is 36.1 Å². The summed E-state index contributed by atoms with van der Waals surface area (Å²) >= 11 is 1.36. The molecule has 168 valence electrons. The van der Waals surface area contributed by atoms with E-state index in [-0.39, 0.29) is 23.1 Å². The minimum absolute atomic E-state index is 0.119. The molecule has 0 saturated carbocycles. The van der Waals surface area contributed by atoms with Gasteiger partial charge in [-0.25, -0.2) is 0 Å². The van der Waals surface area contributed by atoms with E-state index in [0.717, 1.165) is 10.4 Å². The van der Waals surface area contributed by atoms with Crippen LogP contribution in [-0.4, -0.2) is 46.8 Å². The van der Waals surface area contributed by atoms with E-state index < -0.39 is 22.4 Å². The second kappa shape index (κ2) is 7.72. The first-order valence-corrected chi connectivity index (χ1v) is 11.0. The van der Waals surface area contributed by atoms with Crippen LogP contribution in [0.2, 0.25) is 0 Å². The molecule has 0 saturated heterocycles. The topological polar surface area (TPSA) is 130 Å². The lowest BCUT2D eigenvalue weighted by molar-refractivity contribution is -0.888. The van der Waals surface area contributed by atoms with Crippen LogP contribution in [0, 0.1) is 10.1 Å². The molecule has 2 heterocycles. The highest BCUT2D eigenvalue weighted by atomic mass is 32.1.